The fourth-order valence-corrected chi connectivity index (χ4v) is 7.12. The van der Waals surface area contributed by atoms with Crippen molar-refractivity contribution in [1.82, 2.24) is 19.9 Å². The monoisotopic (exact) mass is 664 g/mol. The van der Waals surface area contributed by atoms with Crippen molar-refractivity contribution in [2.24, 2.45) is 0 Å². The van der Waals surface area contributed by atoms with Gasteiger partial charge in [-0.25, -0.2) is 14.8 Å². The molecule has 2 aliphatic heterocycles. The SMILES string of the molecule is C=CC(=O)O.CCC1=C(CC)c2nc1c(CC)c1[nH]c(cc3nc(cc4[nH]c(c2CC)c(CC)c4CC)C=C3)c(CC)c1CC.[Ni]. The minimum absolute atomic E-state index is 0. The van der Waals surface area contributed by atoms with E-state index in [1.807, 2.05) is 0 Å². The van der Waals surface area contributed by atoms with Crippen molar-refractivity contribution in [3.63, 3.8) is 0 Å². The van der Waals surface area contributed by atoms with Crippen LogP contribution in [0.4, 0.5) is 0 Å². The van der Waals surface area contributed by atoms with Crippen molar-refractivity contribution >= 4 is 51.3 Å². The molecule has 0 saturated carbocycles. The fourth-order valence-electron chi connectivity index (χ4n) is 7.12. The van der Waals surface area contributed by atoms with Crippen molar-refractivity contribution in [3.05, 3.63) is 80.9 Å². The van der Waals surface area contributed by atoms with E-state index in [4.69, 9.17) is 15.1 Å². The summed E-state index contributed by atoms with van der Waals surface area (Å²) in [6.07, 6.45) is 12.9. The van der Waals surface area contributed by atoms with Gasteiger partial charge in [0.2, 0.25) is 0 Å². The van der Waals surface area contributed by atoms with Gasteiger partial charge in [0.25, 0.3) is 0 Å². The maximum Gasteiger partial charge on any atom is 0.327 e. The number of carboxylic acids is 1. The number of hydrogen-bond acceptors (Lipinski definition) is 3. The molecule has 0 amide bonds. The first kappa shape index (κ1) is 36.8. The molecule has 6 nitrogen and oxygen atoms in total. The van der Waals surface area contributed by atoms with Crippen molar-refractivity contribution in [2.75, 3.05) is 0 Å². The van der Waals surface area contributed by atoms with Crippen LogP contribution in [0.2, 0.25) is 0 Å². The van der Waals surface area contributed by atoms with Gasteiger partial charge in [0.1, 0.15) is 0 Å². The van der Waals surface area contributed by atoms with Crippen LogP contribution in [0.15, 0.2) is 24.8 Å². The molecule has 3 N–H and O–H groups in total. The van der Waals surface area contributed by atoms with Crippen LogP contribution in [0.25, 0.3) is 45.4 Å². The smallest absolute Gasteiger partial charge is 0.327 e. The van der Waals surface area contributed by atoms with Gasteiger partial charge in [-0.05, 0) is 109 Å². The van der Waals surface area contributed by atoms with Crippen molar-refractivity contribution in [3.8, 4) is 0 Å². The third-order valence-corrected chi connectivity index (χ3v) is 9.11. The van der Waals surface area contributed by atoms with Gasteiger partial charge in [0, 0.05) is 55.8 Å². The molecule has 3 aromatic rings. The molecule has 3 aromatic heterocycles. The molecule has 0 aromatic carbocycles. The number of rotatable bonds is 9. The minimum Gasteiger partial charge on any atom is -0.478 e. The van der Waals surface area contributed by atoms with Gasteiger partial charge >= 0.3 is 5.97 Å². The largest absolute Gasteiger partial charge is 0.478 e. The Balaban J connectivity index is 0.000000892. The number of hydrogen-bond donors (Lipinski definition) is 3. The van der Waals surface area contributed by atoms with Gasteiger partial charge in [0.15, 0.2) is 0 Å². The number of aromatic nitrogens is 4. The summed E-state index contributed by atoms with van der Waals surface area (Å²) < 4.78 is 0. The van der Waals surface area contributed by atoms with Crippen LogP contribution in [-0.4, -0.2) is 31.0 Å². The predicted octanol–water partition coefficient (Wildman–Crippen LogP) is 9.84. The average Bonchev–Trinajstić information content (AvgIpc) is 3.81. The van der Waals surface area contributed by atoms with Gasteiger partial charge in [-0.2, -0.15) is 0 Å². The zero-order chi connectivity index (χ0) is 32.8. The molecule has 2 aliphatic rings. The topological polar surface area (TPSA) is 94.7 Å². The molecule has 0 radical (unpaired) electrons. The molecule has 0 saturated heterocycles. The number of nitrogens with zero attached hydrogens (tertiary/aromatic N) is 2. The van der Waals surface area contributed by atoms with E-state index in [1.54, 1.807) is 0 Å². The molecule has 0 spiro atoms. The number of nitrogens with one attached hydrogen (secondary N) is 2. The minimum atomic E-state index is -0.981. The van der Waals surface area contributed by atoms with E-state index in [0.29, 0.717) is 0 Å². The van der Waals surface area contributed by atoms with E-state index in [9.17, 15) is 4.79 Å². The number of aryl methyl sites for hydroxylation is 6. The number of aliphatic carboxylic acids is 1. The average molecular weight is 666 g/mol. The van der Waals surface area contributed by atoms with Crippen LogP contribution >= 0.6 is 0 Å². The van der Waals surface area contributed by atoms with E-state index < -0.39 is 5.97 Å². The number of carbonyl (C=O) groups is 1. The zero-order valence-electron chi connectivity index (χ0n) is 28.8. The molecule has 46 heavy (non-hydrogen) atoms. The Morgan fingerprint density at radius 2 is 0.978 bits per heavy atom. The molecule has 5 rings (SSSR count). The van der Waals surface area contributed by atoms with Crippen LogP contribution in [0.3, 0.4) is 0 Å². The number of allylic oxidation sites excluding steroid dienone is 2. The summed E-state index contributed by atoms with van der Waals surface area (Å²) >= 11 is 0. The first-order valence-corrected chi connectivity index (χ1v) is 16.8. The summed E-state index contributed by atoms with van der Waals surface area (Å²) in [4.78, 5) is 27.6. The Morgan fingerprint density at radius 1 is 0.630 bits per heavy atom. The summed E-state index contributed by atoms with van der Waals surface area (Å²) in [6.45, 7) is 21.2. The zero-order valence-corrected chi connectivity index (χ0v) is 29.8. The summed E-state index contributed by atoms with van der Waals surface area (Å²) in [5, 5.41) is 7.60. The second-order valence-electron chi connectivity index (χ2n) is 11.4. The molecular formula is C39H50N4NiO2. The Hall–Kier alpha value is -3.70. The Morgan fingerprint density at radius 3 is 1.26 bits per heavy atom. The molecular weight excluding hydrogens is 615 g/mol. The Kier molecular flexibility index (Phi) is 13.0. The van der Waals surface area contributed by atoms with Crippen LogP contribution in [0.1, 0.15) is 124 Å². The number of carboxylic acid groups (broad SMARTS) is 1. The molecule has 0 fully saturated rings. The van der Waals surface area contributed by atoms with E-state index in [-0.39, 0.29) is 16.5 Å². The van der Waals surface area contributed by atoms with Crippen LogP contribution in [0, 0.1) is 0 Å². The van der Waals surface area contributed by atoms with Gasteiger partial charge in [-0.3, -0.25) is 0 Å². The normalized spacial score (nSPS) is 12.1. The molecule has 7 heteroatoms. The first-order chi connectivity index (χ1) is 21.7. The summed E-state index contributed by atoms with van der Waals surface area (Å²) in [5.41, 5.74) is 20.4. The van der Waals surface area contributed by atoms with E-state index in [0.717, 1.165) is 68.8 Å². The maximum atomic E-state index is 9.25. The summed E-state index contributed by atoms with van der Waals surface area (Å²) in [5.74, 6) is -0.981. The molecule has 5 heterocycles. The summed E-state index contributed by atoms with van der Waals surface area (Å²) in [6, 6.07) is 4.47. The maximum absolute atomic E-state index is 9.25. The Bertz CT molecular complexity index is 1720. The summed E-state index contributed by atoms with van der Waals surface area (Å²) in [7, 11) is 0. The standard InChI is InChI=1S/C36H46N4.C3H4O2.Ni/c1-9-23-25(11-3)33-29(15-7)35-27(13-5)28(14-6)36(40-35)30(16-8)34-26(12-4)24(10-2)32(39-34)20-22-18-17-21(37-22)19-31(23)38-33;1-2-3(4)5;/h17-20,38-39H,9-16H2,1-8H3;2H,1H2,(H,4,5);. The second-order valence-corrected chi connectivity index (χ2v) is 11.4. The van der Waals surface area contributed by atoms with Gasteiger partial charge in [0.05, 0.1) is 22.8 Å². The van der Waals surface area contributed by atoms with E-state index >= 15 is 0 Å². The Labute approximate surface area is 284 Å². The van der Waals surface area contributed by atoms with E-state index in [1.165, 1.54) is 78.0 Å². The van der Waals surface area contributed by atoms with Gasteiger partial charge < -0.3 is 15.1 Å². The van der Waals surface area contributed by atoms with Gasteiger partial charge in [-0.15, -0.1) is 0 Å². The third-order valence-electron chi connectivity index (χ3n) is 9.11. The van der Waals surface area contributed by atoms with Crippen LogP contribution < -0.4 is 0 Å². The third kappa shape index (κ3) is 6.85. The molecule has 0 aliphatic carbocycles. The van der Waals surface area contributed by atoms with Crippen molar-refractivity contribution in [2.45, 2.75) is 107 Å². The van der Waals surface area contributed by atoms with Gasteiger partial charge in [-0.1, -0.05) is 62.0 Å². The van der Waals surface area contributed by atoms with Crippen molar-refractivity contribution < 1.29 is 26.4 Å². The molecule has 248 valence electrons. The molecule has 0 atom stereocenters. The second kappa shape index (κ2) is 16.2. The fraction of sp³-hybridized carbons (Fsp3) is 0.410. The van der Waals surface area contributed by atoms with Crippen LogP contribution in [-0.2, 0) is 59.8 Å². The first-order valence-electron chi connectivity index (χ1n) is 16.8. The predicted molar refractivity (Wildman–Crippen MR) is 191 cm³/mol. The number of H-pyrrole nitrogens is 2. The number of aromatic amines is 2. The van der Waals surface area contributed by atoms with E-state index in [2.05, 4.69) is 96.2 Å². The molecule has 0 unspecified atom stereocenters. The van der Waals surface area contributed by atoms with Crippen molar-refractivity contribution in [1.29, 1.82) is 0 Å². The molecule has 8 bridgehead atoms. The van der Waals surface area contributed by atoms with Crippen LogP contribution in [0.5, 0.6) is 0 Å². The quantitative estimate of drug-likeness (QED) is 0.123. The number of fused-ring (bicyclic) bond motifs is 8.